The maximum atomic E-state index is 11.9. The van der Waals surface area contributed by atoms with Gasteiger partial charge in [0.2, 0.25) is 5.91 Å². The topological polar surface area (TPSA) is 93.8 Å². The molecule has 0 aliphatic carbocycles. The number of nitro groups is 1. The maximum absolute atomic E-state index is 11.9. The van der Waals surface area contributed by atoms with Crippen LogP contribution in [-0.2, 0) is 17.2 Å². The third-order valence-electron chi connectivity index (χ3n) is 4.23. The minimum absolute atomic E-state index is 0.0455. The fourth-order valence-corrected chi connectivity index (χ4v) is 3.61. The second kappa shape index (κ2) is 11.9. The molecule has 0 aromatic heterocycles. The van der Waals surface area contributed by atoms with Crippen LogP contribution in [0.5, 0.6) is 5.75 Å². The van der Waals surface area contributed by atoms with Crippen molar-refractivity contribution in [3.05, 3.63) is 105 Å². The number of halogens is 1. The van der Waals surface area contributed by atoms with Gasteiger partial charge in [0, 0.05) is 22.9 Å². The summed E-state index contributed by atoms with van der Waals surface area (Å²) in [5.41, 5.74) is 5.25. The molecule has 3 rings (SSSR count). The van der Waals surface area contributed by atoms with Gasteiger partial charge in [-0.05, 0) is 65.2 Å². The summed E-state index contributed by atoms with van der Waals surface area (Å²) in [6.07, 6.45) is 1.56. The molecule has 0 unspecified atom stereocenters. The number of rotatable bonds is 10. The Hall–Kier alpha value is -3.36. The van der Waals surface area contributed by atoms with E-state index in [1.54, 1.807) is 30.5 Å². The van der Waals surface area contributed by atoms with Crippen molar-refractivity contribution in [3.8, 4) is 5.75 Å². The van der Waals surface area contributed by atoms with Gasteiger partial charge in [-0.3, -0.25) is 14.9 Å². The van der Waals surface area contributed by atoms with Crippen LogP contribution in [0.3, 0.4) is 0 Å². The number of hydrazone groups is 1. The van der Waals surface area contributed by atoms with Crippen LogP contribution in [0.15, 0.2) is 77.9 Å². The van der Waals surface area contributed by atoms with Crippen molar-refractivity contribution < 1.29 is 14.5 Å². The molecule has 0 spiro atoms. The molecular weight excluding hydrogens is 450 g/mol. The van der Waals surface area contributed by atoms with Crippen LogP contribution in [0, 0.1) is 10.1 Å². The van der Waals surface area contributed by atoms with Gasteiger partial charge in [0.1, 0.15) is 12.4 Å². The first-order valence-electron chi connectivity index (χ1n) is 9.60. The number of nitro benzene ring substituents is 1. The summed E-state index contributed by atoms with van der Waals surface area (Å²) in [6.45, 7) is 0.300. The van der Waals surface area contributed by atoms with Crippen molar-refractivity contribution >= 4 is 41.2 Å². The quantitative estimate of drug-likeness (QED) is 0.250. The first-order valence-corrected chi connectivity index (χ1v) is 11.1. The molecule has 0 bridgehead atoms. The zero-order valence-electron chi connectivity index (χ0n) is 16.9. The van der Waals surface area contributed by atoms with Crippen LogP contribution in [0.1, 0.15) is 16.7 Å². The SMILES string of the molecule is O=C(CSCc1cccc(Cl)c1)N/N=C/c1ccc(OCc2ccc([N+](=O)[O-])cc2)cc1. The molecule has 9 heteroatoms. The summed E-state index contributed by atoms with van der Waals surface area (Å²) in [6, 6.07) is 21.0. The Labute approximate surface area is 194 Å². The van der Waals surface area contributed by atoms with Crippen LogP contribution in [0.2, 0.25) is 5.02 Å². The van der Waals surface area contributed by atoms with Gasteiger partial charge in [-0.25, -0.2) is 5.43 Å². The number of hydrogen-bond donors (Lipinski definition) is 1. The van der Waals surface area contributed by atoms with Crippen molar-refractivity contribution in [3.63, 3.8) is 0 Å². The van der Waals surface area contributed by atoms with Gasteiger partial charge in [-0.2, -0.15) is 5.10 Å². The van der Waals surface area contributed by atoms with E-state index in [2.05, 4.69) is 10.5 Å². The van der Waals surface area contributed by atoms with Gasteiger partial charge < -0.3 is 4.74 Å². The summed E-state index contributed by atoms with van der Waals surface area (Å²) < 4.78 is 5.68. The minimum atomic E-state index is -0.437. The zero-order valence-corrected chi connectivity index (χ0v) is 18.5. The van der Waals surface area contributed by atoms with E-state index in [4.69, 9.17) is 16.3 Å². The lowest BCUT2D eigenvalue weighted by Gasteiger charge is -2.06. The molecule has 0 saturated carbocycles. The van der Waals surface area contributed by atoms with E-state index in [-0.39, 0.29) is 11.6 Å². The van der Waals surface area contributed by atoms with E-state index in [9.17, 15) is 14.9 Å². The molecule has 0 radical (unpaired) electrons. The third kappa shape index (κ3) is 7.72. The second-order valence-corrected chi connectivity index (χ2v) is 8.12. The van der Waals surface area contributed by atoms with Gasteiger partial charge in [0.15, 0.2) is 0 Å². The van der Waals surface area contributed by atoms with Crippen molar-refractivity contribution in [1.82, 2.24) is 5.43 Å². The van der Waals surface area contributed by atoms with Crippen molar-refractivity contribution in [2.45, 2.75) is 12.4 Å². The molecule has 0 heterocycles. The van der Waals surface area contributed by atoms with Crippen LogP contribution in [0.4, 0.5) is 5.69 Å². The van der Waals surface area contributed by atoms with E-state index in [1.807, 2.05) is 36.4 Å². The summed E-state index contributed by atoms with van der Waals surface area (Å²) in [4.78, 5) is 22.1. The molecule has 1 amide bonds. The average molecular weight is 470 g/mol. The summed E-state index contributed by atoms with van der Waals surface area (Å²) in [7, 11) is 0. The standard InChI is InChI=1S/C23H20ClN3O4S/c24-20-3-1-2-19(12-20)15-32-16-23(28)26-25-13-17-6-10-22(11-7-17)31-14-18-4-8-21(9-5-18)27(29)30/h1-13H,14-16H2,(H,26,28)/b25-13+. The number of carbonyl (C=O) groups is 1. The van der Waals surface area contributed by atoms with Gasteiger partial charge in [-0.1, -0.05) is 23.7 Å². The summed E-state index contributed by atoms with van der Waals surface area (Å²) in [5, 5.41) is 15.3. The number of hydrogen-bond acceptors (Lipinski definition) is 6. The normalized spacial score (nSPS) is 10.8. The molecule has 3 aromatic carbocycles. The van der Waals surface area contributed by atoms with E-state index in [0.717, 1.165) is 16.7 Å². The minimum Gasteiger partial charge on any atom is -0.489 e. The Morgan fingerprint density at radius 3 is 2.53 bits per heavy atom. The molecule has 164 valence electrons. The van der Waals surface area contributed by atoms with E-state index >= 15 is 0 Å². The van der Waals surface area contributed by atoms with Gasteiger partial charge in [0.05, 0.1) is 16.9 Å². The zero-order chi connectivity index (χ0) is 22.8. The summed E-state index contributed by atoms with van der Waals surface area (Å²) >= 11 is 7.43. The molecule has 0 saturated heterocycles. The van der Waals surface area contributed by atoms with Crippen LogP contribution in [-0.4, -0.2) is 22.8 Å². The lowest BCUT2D eigenvalue weighted by atomic mass is 10.2. The molecule has 0 atom stereocenters. The highest BCUT2D eigenvalue weighted by molar-refractivity contribution is 7.99. The smallest absolute Gasteiger partial charge is 0.269 e. The molecule has 1 N–H and O–H groups in total. The lowest BCUT2D eigenvalue weighted by molar-refractivity contribution is -0.384. The second-order valence-electron chi connectivity index (χ2n) is 6.70. The van der Waals surface area contributed by atoms with Gasteiger partial charge in [0.25, 0.3) is 5.69 Å². The predicted molar refractivity (Wildman–Crippen MR) is 127 cm³/mol. The number of nitrogens with one attached hydrogen (secondary N) is 1. The van der Waals surface area contributed by atoms with Crippen molar-refractivity contribution in [2.24, 2.45) is 5.10 Å². The highest BCUT2D eigenvalue weighted by Gasteiger charge is 2.04. The Kier molecular flexibility index (Phi) is 8.65. The Balaban J connectivity index is 1.38. The Morgan fingerprint density at radius 1 is 1.09 bits per heavy atom. The first-order chi connectivity index (χ1) is 15.5. The molecule has 0 aliphatic rings. The van der Waals surface area contributed by atoms with Gasteiger partial charge >= 0.3 is 0 Å². The highest BCUT2D eigenvalue weighted by Crippen LogP contribution is 2.17. The predicted octanol–water partition coefficient (Wildman–Crippen LogP) is 5.21. The van der Waals surface area contributed by atoms with E-state index in [0.29, 0.717) is 28.9 Å². The monoisotopic (exact) mass is 469 g/mol. The lowest BCUT2D eigenvalue weighted by Crippen LogP contribution is -2.19. The molecule has 0 aliphatic heterocycles. The molecule has 3 aromatic rings. The Bertz CT molecular complexity index is 1090. The number of carbonyl (C=O) groups excluding carboxylic acids is 1. The highest BCUT2D eigenvalue weighted by atomic mass is 35.5. The fraction of sp³-hybridized carbons (Fsp3) is 0.130. The largest absolute Gasteiger partial charge is 0.489 e. The molecule has 32 heavy (non-hydrogen) atoms. The molecular formula is C23H20ClN3O4S. The third-order valence-corrected chi connectivity index (χ3v) is 5.47. The van der Waals surface area contributed by atoms with Crippen LogP contribution < -0.4 is 10.2 Å². The number of thioether (sulfide) groups is 1. The Morgan fingerprint density at radius 2 is 1.84 bits per heavy atom. The molecule has 7 nitrogen and oxygen atoms in total. The van der Waals surface area contributed by atoms with Crippen molar-refractivity contribution in [2.75, 3.05) is 5.75 Å². The van der Waals surface area contributed by atoms with E-state index in [1.165, 1.54) is 23.9 Å². The summed E-state index contributed by atoms with van der Waals surface area (Å²) in [5.74, 6) is 1.46. The fourth-order valence-electron chi connectivity index (χ4n) is 2.63. The van der Waals surface area contributed by atoms with Crippen molar-refractivity contribution in [1.29, 1.82) is 0 Å². The van der Waals surface area contributed by atoms with Crippen LogP contribution >= 0.6 is 23.4 Å². The average Bonchev–Trinajstić information content (AvgIpc) is 2.79. The van der Waals surface area contributed by atoms with E-state index < -0.39 is 4.92 Å². The number of nitrogens with zero attached hydrogens (tertiary/aromatic N) is 2. The number of non-ortho nitro benzene ring substituents is 1. The van der Waals surface area contributed by atoms with Gasteiger partial charge in [-0.15, -0.1) is 11.8 Å². The number of benzene rings is 3. The van der Waals surface area contributed by atoms with Crippen LogP contribution in [0.25, 0.3) is 0 Å². The maximum Gasteiger partial charge on any atom is 0.269 e. The number of amides is 1. The first kappa shape index (κ1) is 23.3. The number of ether oxygens (including phenoxy) is 1. The molecule has 0 fully saturated rings.